The van der Waals surface area contributed by atoms with E-state index in [1.807, 2.05) is 6.92 Å². The van der Waals surface area contributed by atoms with Gasteiger partial charge in [-0.05, 0) is 32.6 Å². The highest BCUT2D eigenvalue weighted by Gasteiger charge is 2.37. The highest BCUT2D eigenvalue weighted by molar-refractivity contribution is 5.81. The fourth-order valence-electron chi connectivity index (χ4n) is 3.80. The lowest BCUT2D eigenvalue weighted by Gasteiger charge is -2.28. The highest BCUT2D eigenvalue weighted by atomic mass is 16.5. The van der Waals surface area contributed by atoms with Crippen molar-refractivity contribution in [1.29, 1.82) is 0 Å². The molecule has 1 aliphatic rings. The second-order valence-corrected chi connectivity index (χ2v) is 7.70. The van der Waals surface area contributed by atoms with Gasteiger partial charge in [0.05, 0.1) is 17.9 Å². The maximum Gasteiger partial charge on any atom is 0.310 e. The summed E-state index contributed by atoms with van der Waals surface area (Å²) < 4.78 is 5.54. The molecule has 0 amide bonds. The van der Waals surface area contributed by atoms with Gasteiger partial charge in [0.1, 0.15) is 0 Å². The van der Waals surface area contributed by atoms with Crippen molar-refractivity contribution in [2.45, 2.75) is 110 Å². The Hall–Kier alpha value is -1.06. The van der Waals surface area contributed by atoms with E-state index in [2.05, 4.69) is 6.92 Å². The largest absolute Gasteiger partial charge is 0.481 e. The summed E-state index contributed by atoms with van der Waals surface area (Å²) in [4.78, 5) is 23.6. The summed E-state index contributed by atoms with van der Waals surface area (Å²) in [5.41, 5.74) is 0. The van der Waals surface area contributed by atoms with Crippen molar-refractivity contribution in [3.8, 4) is 0 Å². The SMILES string of the molecule is CCCCCCCCCCCC(C)OC(=O)C1CCCCC1C(=O)O. The van der Waals surface area contributed by atoms with Crippen molar-refractivity contribution < 1.29 is 19.4 Å². The van der Waals surface area contributed by atoms with E-state index >= 15 is 0 Å². The smallest absolute Gasteiger partial charge is 0.310 e. The summed E-state index contributed by atoms with van der Waals surface area (Å²) in [5, 5.41) is 9.28. The van der Waals surface area contributed by atoms with Crippen LogP contribution in [0.2, 0.25) is 0 Å². The van der Waals surface area contributed by atoms with Gasteiger partial charge >= 0.3 is 11.9 Å². The number of ether oxygens (including phenoxy) is 1. The number of hydrogen-bond donors (Lipinski definition) is 1. The van der Waals surface area contributed by atoms with Crippen molar-refractivity contribution in [1.82, 2.24) is 0 Å². The molecule has 146 valence electrons. The summed E-state index contributed by atoms with van der Waals surface area (Å²) in [6.45, 7) is 4.17. The van der Waals surface area contributed by atoms with Gasteiger partial charge in [-0.15, -0.1) is 0 Å². The van der Waals surface area contributed by atoms with Gasteiger partial charge in [-0.1, -0.05) is 71.1 Å². The Kier molecular flexibility index (Phi) is 11.6. The second kappa shape index (κ2) is 13.2. The molecule has 0 spiro atoms. The van der Waals surface area contributed by atoms with Gasteiger partial charge < -0.3 is 9.84 Å². The summed E-state index contributed by atoms with van der Waals surface area (Å²) in [6, 6.07) is 0. The van der Waals surface area contributed by atoms with Crippen molar-refractivity contribution >= 4 is 11.9 Å². The molecule has 1 rings (SSSR count). The number of unbranched alkanes of at least 4 members (excludes halogenated alkanes) is 8. The minimum absolute atomic E-state index is 0.103. The average molecular weight is 355 g/mol. The molecule has 0 saturated heterocycles. The van der Waals surface area contributed by atoms with Crippen molar-refractivity contribution in [2.24, 2.45) is 11.8 Å². The second-order valence-electron chi connectivity index (χ2n) is 7.70. The molecule has 1 N–H and O–H groups in total. The average Bonchev–Trinajstić information content (AvgIpc) is 2.60. The van der Waals surface area contributed by atoms with Crippen LogP contribution in [0.3, 0.4) is 0 Å². The van der Waals surface area contributed by atoms with Crippen LogP contribution >= 0.6 is 0 Å². The Balaban J connectivity index is 2.11. The molecule has 1 saturated carbocycles. The fraction of sp³-hybridized carbons (Fsp3) is 0.905. The lowest BCUT2D eigenvalue weighted by molar-refractivity contribution is -0.163. The predicted molar refractivity (Wildman–Crippen MR) is 100 cm³/mol. The third-order valence-electron chi connectivity index (χ3n) is 5.42. The molecule has 4 nitrogen and oxygen atoms in total. The van der Waals surface area contributed by atoms with Crippen molar-refractivity contribution in [2.75, 3.05) is 0 Å². The molecule has 1 aliphatic carbocycles. The number of aliphatic carboxylic acids is 1. The topological polar surface area (TPSA) is 63.6 Å². The summed E-state index contributed by atoms with van der Waals surface area (Å²) >= 11 is 0. The molecule has 0 aromatic rings. The first-order chi connectivity index (χ1) is 12.1. The van der Waals surface area contributed by atoms with E-state index in [0.29, 0.717) is 12.8 Å². The third-order valence-corrected chi connectivity index (χ3v) is 5.42. The van der Waals surface area contributed by atoms with E-state index in [1.165, 1.54) is 51.4 Å². The first kappa shape index (κ1) is 22.0. The van der Waals surface area contributed by atoms with Crippen LogP contribution in [-0.2, 0) is 14.3 Å². The van der Waals surface area contributed by atoms with Gasteiger partial charge in [0.15, 0.2) is 0 Å². The quantitative estimate of drug-likeness (QED) is 0.339. The normalized spacial score (nSPS) is 21.7. The number of carboxylic acids is 1. The zero-order chi connectivity index (χ0) is 18.5. The molecular weight excluding hydrogens is 316 g/mol. The molecule has 4 heteroatoms. The maximum absolute atomic E-state index is 12.3. The van der Waals surface area contributed by atoms with Gasteiger partial charge in [0.25, 0.3) is 0 Å². The van der Waals surface area contributed by atoms with Crippen molar-refractivity contribution in [3.63, 3.8) is 0 Å². The number of carboxylic acid groups (broad SMARTS) is 1. The summed E-state index contributed by atoms with van der Waals surface area (Å²) in [6.07, 6.45) is 15.4. The first-order valence-electron chi connectivity index (χ1n) is 10.5. The lowest BCUT2D eigenvalue weighted by atomic mass is 9.79. The Labute approximate surface area is 153 Å². The third kappa shape index (κ3) is 9.27. The van der Waals surface area contributed by atoms with Crippen LogP contribution in [-0.4, -0.2) is 23.1 Å². The minimum Gasteiger partial charge on any atom is -0.481 e. The van der Waals surface area contributed by atoms with Crippen LogP contribution < -0.4 is 0 Å². The number of carbonyl (C=O) groups excluding carboxylic acids is 1. The molecule has 0 aromatic heterocycles. The number of carbonyl (C=O) groups is 2. The summed E-state index contributed by atoms with van der Waals surface area (Å²) in [5.74, 6) is -2.15. The van der Waals surface area contributed by atoms with Crippen molar-refractivity contribution in [3.05, 3.63) is 0 Å². The van der Waals surface area contributed by atoms with Crippen LogP contribution in [0, 0.1) is 11.8 Å². The lowest BCUT2D eigenvalue weighted by Crippen LogP contribution is -2.35. The van der Waals surface area contributed by atoms with Crippen LogP contribution in [0.25, 0.3) is 0 Å². The van der Waals surface area contributed by atoms with E-state index < -0.39 is 17.8 Å². The van der Waals surface area contributed by atoms with Crippen LogP contribution in [0.4, 0.5) is 0 Å². The standard InChI is InChI=1S/C21H38O4/c1-3-4-5-6-7-8-9-10-11-14-17(2)25-21(24)19-16-13-12-15-18(19)20(22)23/h17-19H,3-16H2,1-2H3,(H,22,23). The Bertz CT molecular complexity index is 380. The molecule has 0 aliphatic heterocycles. The summed E-state index contributed by atoms with van der Waals surface area (Å²) in [7, 11) is 0. The predicted octanol–water partition coefficient (Wildman–Crippen LogP) is 5.73. The number of hydrogen-bond acceptors (Lipinski definition) is 3. The number of rotatable bonds is 13. The van der Waals surface area contributed by atoms with Crippen LogP contribution in [0.15, 0.2) is 0 Å². The zero-order valence-electron chi connectivity index (χ0n) is 16.3. The number of esters is 1. The molecule has 0 radical (unpaired) electrons. The van der Waals surface area contributed by atoms with E-state index in [4.69, 9.17) is 4.74 Å². The van der Waals surface area contributed by atoms with Gasteiger partial charge in [0, 0.05) is 0 Å². The van der Waals surface area contributed by atoms with Gasteiger partial charge in [-0.2, -0.15) is 0 Å². The molecule has 0 heterocycles. The van der Waals surface area contributed by atoms with Crippen LogP contribution in [0.5, 0.6) is 0 Å². The van der Waals surface area contributed by atoms with Crippen LogP contribution in [0.1, 0.15) is 104 Å². The first-order valence-corrected chi connectivity index (χ1v) is 10.5. The molecule has 1 fully saturated rings. The maximum atomic E-state index is 12.3. The molecule has 3 unspecified atom stereocenters. The molecule has 0 bridgehead atoms. The zero-order valence-corrected chi connectivity index (χ0v) is 16.3. The van der Waals surface area contributed by atoms with E-state index in [9.17, 15) is 14.7 Å². The Morgan fingerprint density at radius 1 is 0.920 bits per heavy atom. The minimum atomic E-state index is -0.853. The molecule has 3 atom stereocenters. The molecule has 0 aromatic carbocycles. The Morgan fingerprint density at radius 3 is 2.00 bits per heavy atom. The Morgan fingerprint density at radius 2 is 1.44 bits per heavy atom. The highest BCUT2D eigenvalue weighted by Crippen LogP contribution is 2.31. The van der Waals surface area contributed by atoms with E-state index in [0.717, 1.165) is 25.7 Å². The van der Waals surface area contributed by atoms with Gasteiger partial charge in [-0.25, -0.2) is 0 Å². The molecule has 25 heavy (non-hydrogen) atoms. The fourth-order valence-corrected chi connectivity index (χ4v) is 3.80. The van der Waals surface area contributed by atoms with Gasteiger partial charge in [0.2, 0.25) is 0 Å². The van der Waals surface area contributed by atoms with E-state index in [-0.39, 0.29) is 12.1 Å². The monoisotopic (exact) mass is 354 g/mol. The van der Waals surface area contributed by atoms with Gasteiger partial charge in [-0.3, -0.25) is 9.59 Å². The van der Waals surface area contributed by atoms with E-state index in [1.54, 1.807) is 0 Å². The molecular formula is C21H38O4.